The van der Waals surface area contributed by atoms with Gasteiger partial charge in [-0.25, -0.2) is 0 Å². The van der Waals surface area contributed by atoms with Crippen molar-refractivity contribution >= 4 is 20.5 Å². The topological polar surface area (TPSA) is 104 Å². The zero-order valence-corrected chi connectivity index (χ0v) is 18.6. The Bertz CT molecular complexity index is 693. The van der Waals surface area contributed by atoms with E-state index in [2.05, 4.69) is 33.5 Å². The van der Waals surface area contributed by atoms with Crippen LogP contribution >= 0.6 is 8.60 Å². The van der Waals surface area contributed by atoms with Crippen LogP contribution in [0, 0.1) is 20.0 Å². The molecule has 160 valence electrons. The van der Waals surface area contributed by atoms with Crippen LogP contribution < -0.4 is 0 Å². The van der Waals surface area contributed by atoms with Crippen molar-refractivity contribution in [2.75, 3.05) is 21.3 Å². The minimum atomic E-state index is -1.05. The van der Waals surface area contributed by atoms with Gasteiger partial charge in [-0.1, -0.05) is 66.7 Å². The molecule has 0 aromatic heterocycles. The first-order chi connectivity index (χ1) is 14.2. The third-order valence-corrected chi connectivity index (χ3v) is 3.63. The summed E-state index contributed by atoms with van der Waals surface area (Å²) in [5.41, 5.74) is 1.75. The number of hydrogen-bond acceptors (Lipinski definition) is 4. The Morgan fingerprint density at radius 2 is 1.13 bits per heavy atom. The van der Waals surface area contributed by atoms with E-state index in [-0.39, 0.29) is 22.9 Å². The fourth-order valence-corrected chi connectivity index (χ4v) is 2.11. The summed E-state index contributed by atoms with van der Waals surface area (Å²) < 4.78 is 36.5. The maximum Gasteiger partial charge on any atom is 0 e. The minimum Gasteiger partial charge on any atom is 0 e. The predicted octanol–water partition coefficient (Wildman–Crippen LogP) is 4.62. The summed E-state index contributed by atoms with van der Waals surface area (Å²) >= 11 is 0. The van der Waals surface area contributed by atoms with E-state index >= 15 is 0 Å². The number of allylic oxidation sites excluding steroid dienone is 1. The van der Waals surface area contributed by atoms with Gasteiger partial charge in [0.2, 0.25) is 0 Å². The van der Waals surface area contributed by atoms with Crippen molar-refractivity contribution in [3.63, 3.8) is 0 Å². The van der Waals surface area contributed by atoms with Crippen molar-refractivity contribution in [2.24, 2.45) is 0 Å². The van der Waals surface area contributed by atoms with Crippen molar-refractivity contribution in [3.05, 3.63) is 97.8 Å². The molecule has 9 heteroatoms. The number of rotatable bonds is 6. The Labute approximate surface area is 189 Å². The Kier molecular flexibility index (Phi) is 34.3. The van der Waals surface area contributed by atoms with E-state index in [0.29, 0.717) is 0 Å². The SMILES string of the molecule is COP(OC)OC.O=C(/C=C/c1ccccc1)c1ccccc1.[C-]#[O+].[C-]#[O+].[C-]#[O+].[Fe]. The second kappa shape index (κ2) is 29.1. The van der Waals surface area contributed by atoms with E-state index < -0.39 is 8.60 Å². The largest absolute Gasteiger partial charge is 0 e. The Hall–Kier alpha value is -2.10. The van der Waals surface area contributed by atoms with Gasteiger partial charge in [-0.15, -0.1) is 0 Å². The molecule has 0 N–H and O–H groups in total. The number of carbonyl (C=O) groups is 1. The monoisotopic (exact) mass is 472 g/mol. The molecule has 0 amide bonds. The van der Waals surface area contributed by atoms with Crippen LogP contribution in [0.3, 0.4) is 0 Å². The summed E-state index contributed by atoms with van der Waals surface area (Å²) in [5.74, 6) is 0.0319. The number of carbonyl (C=O) groups excluding carboxylic acids is 1. The maximum absolute atomic E-state index is 11.7. The molecule has 2 aromatic carbocycles. The second-order valence-corrected chi connectivity index (χ2v) is 5.79. The molecule has 0 aliphatic carbocycles. The zero-order chi connectivity index (χ0) is 22.9. The third-order valence-electron chi connectivity index (χ3n) is 2.73. The quantitative estimate of drug-likeness (QED) is 0.153. The fourth-order valence-electron chi connectivity index (χ4n) is 1.66. The molecule has 30 heavy (non-hydrogen) atoms. The summed E-state index contributed by atoms with van der Waals surface area (Å²) in [4.78, 5) is 11.7. The molecule has 2 rings (SSSR count). The van der Waals surface area contributed by atoms with E-state index in [4.69, 9.17) is 14.0 Å². The van der Waals surface area contributed by atoms with Crippen LogP contribution in [0.15, 0.2) is 66.7 Å². The molecule has 0 atom stereocenters. The average Bonchev–Trinajstić information content (AvgIpc) is 2.84. The smallest absolute Gasteiger partial charge is 0 e. The minimum absolute atomic E-state index is 0. The molecule has 0 fully saturated rings. The van der Waals surface area contributed by atoms with Crippen molar-refractivity contribution in [1.82, 2.24) is 0 Å². The van der Waals surface area contributed by atoms with E-state index in [9.17, 15) is 4.79 Å². The average molecular weight is 472 g/mol. The van der Waals surface area contributed by atoms with E-state index in [0.717, 1.165) is 11.1 Å². The van der Waals surface area contributed by atoms with Gasteiger partial charge in [0.25, 0.3) is 0 Å². The summed E-state index contributed by atoms with van der Waals surface area (Å²) in [6.07, 6.45) is 3.43. The van der Waals surface area contributed by atoms with Crippen molar-refractivity contribution in [3.8, 4) is 0 Å². The molecule has 7 nitrogen and oxygen atoms in total. The van der Waals surface area contributed by atoms with Crippen LogP contribution in [-0.2, 0) is 44.6 Å². The summed E-state index contributed by atoms with van der Waals surface area (Å²) in [6, 6.07) is 19.1. The summed E-state index contributed by atoms with van der Waals surface area (Å²) in [7, 11) is 3.57. The van der Waals surface area contributed by atoms with Crippen LogP contribution in [0.25, 0.3) is 6.08 Å². The molecular weight excluding hydrogens is 451 g/mol. The first-order valence-corrected chi connectivity index (χ1v) is 8.67. The molecule has 0 unspecified atom stereocenters. The van der Waals surface area contributed by atoms with E-state index in [1.54, 1.807) is 27.4 Å². The van der Waals surface area contributed by atoms with Crippen LogP contribution in [0.2, 0.25) is 0 Å². The first-order valence-electron chi connectivity index (χ1n) is 7.57. The number of ketones is 1. The molecule has 0 bridgehead atoms. The van der Waals surface area contributed by atoms with Crippen molar-refractivity contribution in [1.29, 1.82) is 0 Å². The van der Waals surface area contributed by atoms with Gasteiger partial charge in [-0.2, -0.15) is 0 Å². The molecule has 0 heterocycles. The van der Waals surface area contributed by atoms with Gasteiger partial charge in [0.05, 0.1) is 0 Å². The third kappa shape index (κ3) is 19.2. The predicted molar refractivity (Wildman–Crippen MR) is 106 cm³/mol. The van der Waals surface area contributed by atoms with Crippen LogP contribution in [0.5, 0.6) is 0 Å². The van der Waals surface area contributed by atoms with Gasteiger partial charge in [-0.3, -0.25) is 4.79 Å². The molecular formula is C21H21FeO7P. The zero-order valence-electron chi connectivity index (χ0n) is 16.6. The normalized spacial score (nSPS) is 8.20. The summed E-state index contributed by atoms with van der Waals surface area (Å²) in [6.45, 7) is 13.5. The van der Waals surface area contributed by atoms with Crippen LogP contribution in [0.4, 0.5) is 0 Å². The van der Waals surface area contributed by atoms with Crippen LogP contribution in [-0.4, -0.2) is 27.1 Å². The van der Waals surface area contributed by atoms with Crippen LogP contribution in [0.1, 0.15) is 15.9 Å². The number of benzene rings is 2. The Balaban J connectivity index is -0.000000206. The van der Waals surface area contributed by atoms with Gasteiger partial charge >= 0.3 is 42.5 Å². The molecule has 0 saturated heterocycles. The molecule has 0 aliphatic rings. The Morgan fingerprint density at radius 1 is 0.767 bits per heavy atom. The van der Waals surface area contributed by atoms with Gasteiger partial charge < -0.3 is 13.6 Å². The number of hydrogen-bond donors (Lipinski definition) is 0. The van der Waals surface area contributed by atoms with E-state index in [1.807, 2.05) is 66.7 Å². The van der Waals surface area contributed by atoms with Gasteiger partial charge in [-0.05, 0) is 11.6 Å². The molecule has 0 spiro atoms. The Morgan fingerprint density at radius 3 is 1.47 bits per heavy atom. The van der Waals surface area contributed by atoms with Gasteiger partial charge in [0.1, 0.15) is 0 Å². The van der Waals surface area contributed by atoms with E-state index in [1.165, 1.54) is 0 Å². The van der Waals surface area contributed by atoms with Gasteiger partial charge in [0.15, 0.2) is 5.78 Å². The van der Waals surface area contributed by atoms with Crippen molar-refractivity contribution < 1.29 is 49.4 Å². The standard InChI is InChI=1S/C15H12O.C3H9O3P.3CO.Fe/c16-15(14-9-5-2-6-10-14)12-11-13-7-3-1-4-8-13;1-4-7(5-2)6-3;3*1-2;/h1-12H;1-3H3;;;;/b12-11+;;;;;. The fraction of sp³-hybridized carbons (Fsp3) is 0.143. The molecule has 0 aliphatic heterocycles. The molecule has 0 radical (unpaired) electrons. The molecule has 0 saturated carbocycles. The first kappa shape index (κ1) is 35.3. The second-order valence-electron chi connectivity index (χ2n) is 4.25. The maximum atomic E-state index is 11.7. The molecule has 2 aromatic rings. The van der Waals surface area contributed by atoms with Crippen molar-refractivity contribution in [2.45, 2.75) is 0 Å². The summed E-state index contributed by atoms with van der Waals surface area (Å²) in [5, 5.41) is 0. The van der Waals surface area contributed by atoms with Gasteiger partial charge in [0, 0.05) is 44.0 Å².